The number of carbonyl (C=O) groups is 3. The minimum absolute atomic E-state index is 0.0324. The van der Waals surface area contributed by atoms with Gasteiger partial charge in [-0.2, -0.15) is 13.2 Å². The van der Waals surface area contributed by atoms with Crippen molar-refractivity contribution in [3.8, 4) is 0 Å². The third-order valence-corrected chi connectivity index (χ3v) is 5.40. The molecule has 0 saturated carbocycles. The molecule has 0 aliphatic rings. The fraction of sp³-hybridized carbons (Fsp3) is 0.500. The van der Waals surface area contributed by atoms with Gasteiger partial charge in [0.25, 0.3) is 0 Å². The Morgan fingerprint density at radius 2 is 1.59 bits per heavy atom. The van der Waals surface area contributed by atoms with E-state index in [4.69, 9.17) is 14.2 Å². The number of likely N-dealkylation sites (N-methyl/N-ethyl adjacent to an activating group) is 1. The zero-order chi connectivity index (χ0) is 29.4. The van der Waals surface area contributed by atoms with Crippen molar-refractivity contribution in [3.63, 3.8) is 0 Å². The number of halogens is 3. The molecular weight excluding hydrogens is 517 g/mol. The van der Waals surface area contributed by atoms with E-state index in [1.165, 1.54) is 7.05 Å². The summed E-state index contributed by atoms with van der Waals surface area (Å²) in [7, 11) is 1.39. The predicted molar refractivity (Wildman–Crippen MR) is 136 cm³/mol. The second-order valence-electron chi connectivity index (χ2n) is 10.5. The van der Waals surface area contributed by atoms with Crippen LogP contribution in [-0.4, -0.2) is 52.7 Å². The number of pyridine rings is 1. The van der Waals surface area contributed by atoms with E-state index in [2.05, 4.69) is 4.98 Å². The quantitative estimate of drug-likeness (QED) is 0.281. The molecule has 0 saturated heterocycles. The van der Waals surface area contributed by atoms with E-state index in [0.29, 0.717) is 5.56 Å². The van der Waals surface area contributed by atoms with Crippen molar-refractivity contribution >= 4 is 18.0 Å². The lowest BCUT2D eigenvalue weighted by Gasteiger charge is -2.31. The summed E-state index contributed by atoms with van der Waals surface area (Å²) in [5.74, 6) is -1.80. The van der Waals surface area contributed by atoms with E-state index >= 15 is 0 Å². The van der Waals surface area contributed by atoms with Crippen molar-refractivity contribution in [2.24, 2.45) is 5.92 Å². The van der Waals surface area contributed by atoms with Gasteiger partial charge in [0.1, 0.15) is 23.9 Å². The molecule has 1 aromatic heterocycles. The Labute approximate surface area is 226 Å². The second-order valence-corrected chi connectivity index (χ2v) is 10.5. The van der Waals surface area contributed by atoms with Crippen molar-refractivity contribution in [2.45, 2.75) is 78.0 Å². The Hall–Kier alpha value is -3.63. The summed E-state index contributed by atoms with van der Waals surface area (Å²) in [5.41, 5.74) is -0.993. The molecule has 8 nitrogen and oxygen atoms in total. The largest absolute Gasteiger partial charge is 0.458 e. The first-order valence-electron chi connectivity index (χ1n) is 12.5. The number of carbonyl (C=O) groups excluding carboxylic acids is 3. The summed E-state index contributed by atoms with van der Waals surface area (Å²) >= 11 is 0. The first kappa shape index (κ1) is 31.6. The number of benzene rings is 1. The number of ether oxygens (including phenoxy) is 3. The first-order valence-corrected chi connectivity index (χ1v) is 12.5. The van der Waals surface area contributed by atoms with Gasteiger partial charge >= 0.3 is 24.2 Å². The van der Waals surface area contributed by atoms with E-state index in [0.717, 1.165) is 23.2 Å². The van der Waals surface area contributed by atoms with E-state index < -0.39 is 47.6 Å². The Morgan fingerprint density at radius 3 is 2.10 bits per heavy atom. The summed E-state index contributed by atoms with van der Waals surface area (Å²) < 4.78 is 55.1. The van der Waals surface area contributed by atoms with Crippen LogP contribution in [0.4, 0.5) is 18.0 Å². The van der Waals surface area contributed by atoms with Crippen LogP contribution in [-0.2, 0) is 43.0 Å². The Kier molecular flexibility index (Phi) is 10.9. The highest BCUT2D eigenvalue weighted by Crippen LogP contribution is 2.27. The summed E-state index contributed by atoms with van der Waals surface area (Å²) in [6.07, 6.45) is -5.99. The van der Waals surface area contributed by atoms with Gasteiger partial charge in [0.2, 0.25) is 6.10 Å². The van der Waals surface area contributed by atoms with E-state index in [9.17, 15) is 27.6 Å². The number of nitrogens with zero attached hydrogens (tertiary/aromatic N) is 2. The van der Waals surface area contributed by atoms with Crippen LogP contribution in [0, 0.1) is 5.92 Å². The average molecular weight is 553 g/mol. The van der Waals surface area contributed by atoms with Gasteiger partial charge in [-0.15, -0.1) is 0 Å². The number of alkyl halides is 3. The summed E-state index contributed by atoms with van der Waals surface area (Å²) in [4.78, 5) is 43.5. The molecule has 214 valence electrons. The van der Waals surface area contributed by atoms with Crippen LogP contribution in [0.5, 0.6) is 0 Å². The van der Waals surface area contributed by atoms with Crippen LogP contribution in [0.3, 0.4) is 0 Å². The van der Waals surface area contributed by atoms with Gasteiger partial charge in [-0.1, -0.05) is 50.2 Å². The van der Waals surface area contributed by atoms with Crippen LogP contribution < -0.4 is 0 Å². The molecule has 1 aromatic carbocycles. The lowest BCUT2D eigenvalue weighted by atomic mass is 10.0. The van der Waals surface area contributed by atoms with Crippen LogP contribution in [0.2, 0.25) is 0 Å². The molecule has 0 aliphatic heterocycles. The SMILES string of the molecule is CC(C)C[C@@H](C(=O)OC(Cc1ccc(C(F)(F)F)nc1)C(=O)OCc1ccccc1)N(C)C(=O)OC(C)(C)C. The number of amides is 1. The molecule has 11 heteroatoms. The third-order valence-electron chi connectivity index (χ3n) is 5.40. The highest BCUT2D eigenvalue weighted by molar-refractivity contribution is 5.84. The van der Waals surface area contributed by atoms with Crippen LogP contribution >= 0.6 is 0 Å². The number of hydrogen-bond donors (Lipinski definition) is 0. The van der Waals surface area contributed by atoms with E-state index in [1.54, 1.807) is 51.1 Å². The van der Waals surface area contributed by atoms with Gasteiger partial charge in [0.15, 0.2) is 0 Å². The van der Waals surface area contributed by atoms with Crippen molar-refractivity contribution < 1.29 is 41.8 Å². The van der Waals surface area contributed by atoms with Gasteiger partial charge in [-0.05, 0) is 50.3 Å². The molecule has 0 radical (unpaired) electrons. The molecule has 39 heavy (non-hydrogen) atoms. The molecule has 2 rings (SSSR count). The highest BCUT2D eigenvalue weighted by Gasteiger charge is 2.36. The number of esters is 2. The first-order chi connectivity index (χ1) is 18.1. The minimum Gasteiger partial charge on any atom is -0.458 e. The molecule has 1 heterocycles. The summed E-state index contributed by atoms with van der Waals surface area (Å²) in [5, 5.41) is 0. The minimum atomic E-state index is -4.63. The van der Waals surface area contributed by atoms with Gasteiger partial charge in [0.05, 0.1) is 0 Å². The number of rotatable bonds is 10. The number of aromatic nitrogens is 1. The maximum absolute atomic E-state index is 13.3. The topological polar surface area (TPSA) is 95.0 Å². The summed E-state index contributed by atoms with van der Waals surface area (Å²) in [6.45, 7) is 8.65. The normalized spacial score (nSPS) is 13.4. The molecule has 0 aliphatic carbocycles. The molecule has 0 N–H and O–H groups in total. The lowest BCUT2D eigenvalue weighted by molar-refractivity contribution is -0.171. The number of hydrogen-bond acceptors (Lipinski definition) is 7. The van der Waals surface area contributed by atoms with Gasteiger partial charge in [-0.3, -0.25) is 9.88 Å². The van der Waals surface area contributed by atoms with Gasteiger partial charge in [0, 0.05) is 19.7 Å². The van der Waals surface area contributed by atoms with Crippen LogP contribution in [0.1, 0.15) is 57.9 Å². The van der Waals surface area contributed by atoms with E-state index in [1.807, 2.05) is 13.8 Å². The average Bonchev–Trinajstić information content (AvgIpc) is 2.84. The Balaban J connectivity index is 2.28. The third kappa shape index (κ3) is 10.6. The van der Waals surface area contributed by atoms with Crippen LogP contribution in [0.25, 0.3) is 0 Å². The molecule has 0 spiro atoms. The zero-order valence-electron chi connectivity index (χ0n) is 22.9. The molecule has 1 unspecified atom stereocenters. The van der Waals surface area contributed by atoms with Crippen molar-refractivity contribution in [3.05, 3.63) is 65.5 Å². The summed E-state index contributed by atoms with van der Waals surface area (Å²) in [6, 6.07) is 9.64. The lowest BCUT2D eigenvalue weighted by Crippen LogP contribution is -2.47. The fourth-order valence-corrected chi connectivity index (χ4v) is 3.46. The maximum Gasteiger partial charge on any atom is 0.433 e. The zero-order valence-corrected chi connectivity index (χ0v) is 22.9. The molecule has 0 fully saturated rings. The fourth-order valence-electron chi connectivity index (χ4n) is 3.46. The monoisotopic (exact) mass is 552 g/mol. The van der Waals surface area contributed by atoms with Crippen molar-refractivity contribution in [2.75, 3.05) is 7.05 Å². The molecule has 2 atom stereocenters. The maximum atomic E-state index is 13.3. The Bertz CT molecular complexity index is 1100. The standard InChI is InChI=1S/C28H35F3N2O6/c1-18(2)14-21(33(6)26(36)39-27(3,4)5)24(34)38-22(25(35)37-17-19-10-8-7-9-11-19)15-20-12-13-23(32-16-20)28(29,30)31/h7-13,16,18,21-22H,14-15,17H2,1-6H3/t21-,22?/m0/s1. The molecule has 0 bridgehead atoms. The molecular formula is C28H35F3N2O6. The molecule has 2 aromatic rings. The highest BCUT2D eigenvalue weighted by atomic mass is 19.4. The predicted octanol–water partition coefficient (Wildman–Crippen LogP) is 5.58. The van der Waals surface area contributed by atoms with Crippen molar-refractivity contribution in [1.82, 2.24) is 9.88 Å². The van der Waals surface area contributed by atoms with Crippen molar-refractivity contribution in [1.29, 1.82) is 0 Å². The van der Waals surface area contributed by atoms with E-state index in [-0.39, 0.29) is 30.9 Å². The smallest absolute Gasteiger partial charge is 0.433 e. The molecule has 1 amide bonds. The Morgan fingerprint density at radius 1 is 0.949 bits per heavy atom. The van der Waals surface area contributed by atoms with Gasteiger partial charge in [-0.25, -0.2) is 14.4 Å². The van der Waals surface area contributed by atoms with Crippen LogP contribution in [0.15, 0.2) is 48.7 Å². The van der Waals surface area contributed by atoms with Gasteiger partial charge < -0.3 is 14.2 Å². The second kappa shape index (κ2) is 13.4.